The maximum Gasteiger partial charge on any atom is 0.326 e. The van der Waals surface area contributed by atoms with E-state index in [0.717, 1.165) is 43.5 Å². The monoisotopic (exact) mass is 365 g/mol. The summed E-state index contributed by atoms with van der Waals surface area (Å²) in [5.41, 5.74) is 1.81. The number of sulfone groups is 1. The summed E-state index contributed by atoms with van der Waals surface area (Å²) in [7, 11) is -2.95. The average Bonchev–Trinajstić information content (AvgIpc) is 2.91. The van der Waals surface area contributed by atoms with Crippen molar-refractivity contribution in [1.29, 1.82) is 0 Å². The molecule has 2 heterocycles. The van der Waals surface area contributed by atoms with E-state index in [1.165, 1.54) is 0 Å². The summed E-state index contributed by atoms with van der Waals surface area (Å²) < 4.78 is 25.6. The molecule has 7 heteroatoms. The molecule has 1 aliphatic heterocycles. The van der Waals surface area contributed by atoms with Crippen LogP contribution < -0.4 is 5.69 Å². The molecule has 0 amide bonds. The van der Waals surface area contributed by atoms with Gasteiger partial charge in [0.05, 0.1) is 22.0 Å². The number of fused-ring (bicyclic) bond motifs is 1. The first-order valence-corrected chi connectivity index (χ1v) is 10.7. The second-order valence-electron chi connectivity index (χ2n) is 7.16. The quantitative estimate of drug-likeness (QED) is 0.851. The summed E-state index contributed by atoms with van der Waals surface area (Å²) in [4.78, 5) is 17.5. The molecule has 0 unspecified atom stereocenters. The van der Waals surface area contributed by atoms with Crippen LogP contribution in [0.25, 0.3) is 11.0 Å². The Morgan fingerprint density at radius 3 is 2.56 bits per heavy atom. The Morgan fingerprint density at radius 2 is 1.88 bits per heavy atom. The molecule has 0 aliphatic carbocycles. The maximum atomic E-state index is 12.3. The van der Waals surface area contributed by atoms with Crippen molar-refractivity contribution in [2.24, 2.45) is 0 Å². The van der Waals surface area contributed by atoms with E-state index < -0.39 is 9.84 Å². The fourth-order valence-corrected chi connectivity index (χ4v) is 4.57. The zero-order valence-electron chi connectivity index (χ0n) is 14.9. The lowest BCUT2D eigenvalue weighted by molar-refractivity contribution is 0.187. The zero-order chi connectivity index (χ0) is 18.0. The summed E-state index contributed by atoms with van der Waals surface area (Å²) in [6.45, 7) is 6.08. The molecule has 0 spiro atoms. The van der Waals surface area contributed by atoms with Crippen molar-refractivity contribution in [2.45, 2.75) is 44.4 Å². The topological polar surface area (TPSA) is 75.2 Å². The van der Waals surface area contributed by atoms with Gasteiger partial charge in [0, 0.05) is 19.1 Å². The molecule has 1 N–H and O–H groups in total. The summed E-state index contributed by atoms with van der Waals surface area (Å²) in [5.74, 6) is 0.256. The van der Waals surface area contributed by atoms with Crippen molar-refractivity contribution in [3.05, 3.63) is 34.7 Å². The molecule has 1 fully saturated rings. The number of hydrogen-bond acceptors (Lipinski definition) is 4. The van der Waals surface area contributed by atoms with Crippen LogP contribution in [-0.4, -0.2) is 53.5 Å². The van der Waals surface area contributed by atoms with Crippen molar-refractivity contribution in [1.82, 2.24) is 14.5 Å². The van der Waals surface area contributed by atoms with Gasteiger partial charge in [0.15, 0.2) is 9.84 Å². The SMILES string of the molecule is CC(C)S(=O)(=O)CCCN1CCC(n2c(=O)[nH]c3ccccc32)CC1. The number of nitrogens with one attached hydrogen (secondary N) is 1. The molecule has 1 aliphatic rings. The average molecular weight is 365 g/mol. The van der Waals surface area contributed by atoms with Gasteiger partial charge in [-0.3, -0.25) is 4.57 Å². The summed E-state index contributed by atoms with van der Waals surface area (Å²) in [5, 5.41) is -0.299. The minimum absolute atomic E-state index is 0.0392. The largest absolute Gasteiger partial charge is 0.326 e. The van der Waals surface area contributed by atoms with Crippen LogP contribution in [0.2, 0.25) is 0 Å². The Labute approximate surface area is 148 Å². The van der Waals surface area contributed by atoms with Crippen LogP contribution in [0.1, 0.15) is 39.2 Å². The van der Waals surface area contributed by atoms with Gasteiger partial charge in [-0.2, -0.15) is 0 Å². The number of rotatable bonds is 6. The molecule has 2 aromatic rings. The van der Waals surface area contributed by atoms with Gasteiger partial charge >= 0.3 is 5.69 Å². The highest BCUT2D eigenvalue weighted by Crippen LogP contribution is 2.24. The zero-order valence-corrected chi connectivity index (χ0v) is 15.8. The Hall–Kier alpha value is -1.60. The van der Waals surface area contributed by atoms with E-state index in [1.54, 1.807) is 13.8 Å². The second-order valence-corrected chi connectivity index (χ2v) is 9.84. The van der Waals surface area contributed by atoms with Gasteiger partial charge < -0.3 is 9.88 Å². The van der Waals surface area contributed by atoms with Crippen LogP contribution in [0.3, 0.4) is 0 Å². The number of benzene rings is 1. The number of imidazole rings is 1. The minimum atomic E-state index is -2.95. The molecule has 1 saturated heterocycles. The van der Waals surface area contributed by atoms with Crippen LogP contribution >= 0.6 is 0 Å². The third-order valence-electron chi connectivity index (χ3n) is 5.17. The maximum absolute atomic E-state index is 12.3. The highest BCUT2D eigenvalue weighted by molar-refractivity contribution is 7.91. The van der Waals surface area contributed by atoms with Gasteiger partial charge in [0.1, 0.15) is 0 Å². The van der Waals surface area contributed by atoms with Crippen molar-refractivity contribution in [3.8, 4) is 0 Å². The number of aromatic amines is 1. The van der Waals surface area contributed by atoms with Gasteiger partial charge in [-0.1, -0.05) is 12.1 Å². The van der Waals surface area contributed by atoms with Crippen molar-refractivity contribution in [3.63, 3.8) is 0 Å². The van der Waals surface area contributed by atoms with Gasteiger partial charge in [-0.05, 0) is 51.8 Å². The van der Waals surface area contributed by atoms with E-state index in [-0.39, 0.29) is 22.7 Å². The van der Waals surface area contributed by atoms with Crippen LogP contribution in [0.15, 0.2) is 29.1 Å². The summed E-state index contributed by atoms with van der Waals surface area (Å²) in [6, 6.07) is 8.00. The first-order chi connectivity index (χ1) is 11.9. The van der Waals surface area contributed by atoms with Gasteiger partial charge in [0.25, 0.3) is 0 Å². The fourth-order valence-electron chi connectivity index (χ4n) is 3.56. The number of likely N-dealkylation sites (tertiary alicyclic amines) is 1. The van der Waals surface area contributed by atoms with Crippen LogP contribution in [0, 0.1) is 0 Å². The minimum Gasteiger partial charge on any atom is -0.306 e. The molecule has 0 radical (unpaired) electrons. The highest BCUT2D eigenvalue weighted by atomic mass is 32.2. The molecule has 0 atom stereocenters. The fraction of sp³-hybridized carbons (Fsp3) is 0.611. The number of para-hydroxylation sites is 2. The van der Waals surface area contributed by atoms with Crippen LogP contribution in [0.4, 0.5) is 0 Å². The summed E-state index contributed by atoms with van der Waals surface area (Å²) >= 11 is 0. The van der Waals surface area contributed by atoms with E-state index in [1.807, 2.05) is 28.8 Å². The highest BCUT2D eigenvalue weighted by Gasteiger charge is 2.24. The third kappa shape index (κ3) is 3.98. The van der Waals surface area contributed by atoms with Gasteiger partial charge in [-0.15, -0.1) is 0 Å². The van der Waals surface area contributed by atoms with Crippen LogP contribution in [0.5, 0.6) is 0 Å². The summed E-state index contributed by atoms with van der Waals surface area (Å²) in [6.07, 6.45) is 2.51. The second kappa shape index (κ2) is 7.33. The smallest absolute Gasteiger partial charge is 0.306 e. The molecular formula is C18H27N3O3S. The Kier molecular flexibility index (Phi) is 5.34. The number of hydrogen-bond donors (Lipinski definition) is 1. The number of aromatic nitrogens is 2. The van der Waals surface area contributed by atoms with Gasteiger partial charge in [-0.25, -0.2) is 13.2 Å². The Bertz CT molecular complexity index is 874. The number of H-pyrrole nitrogens is 1. The molecule has 3 rings (SSSR count). The van der Waals surface area contributed by atoms with E-state index in [2.05, 4.69) is 9.88 Å². The number of piperidine rings is 1. The van der Waals surface area contributed by atoms with Crippen LogP contribution in [-0.2, 0) is 9.84 Å². The third-order valence-corrected chi connectivity index (χ3v) is 7.46. The molecule has 0 saturated carbocycles. The van der Waals surface area contributed by atoms with E-state index in [9.17, 15) is 13.2 Å². The first-order valence-electron chi connectivity index (χ1n) is 9.01. The first kappa shape index (κ1) is 18.2. The van der Waals surface area contributed by atoms with E-state index >= 15 is 0 Å². The molecular weight excluding hydrogens is 338 g/mol. The molecule has 1 aromatic carbocycles. The predicted molar refractivity (Wildman–Crippen MR) is 101 cm³/mol. The number of nitrogens with zero attached hydrogens (tertiary/aromatic N) is 2. The molecule has 0 bridgehead atoms. The standard InChI is InChI=1S/C18H27N3O3S/c1-14(2)25(23,24)13-5-10-20-11-8-15(9-12-20)21-17-7-4-3-6-16(17)19-18(21)22/h3-4,6-7,14-15H,5,8-13H2,1-2H3,(H,19,22). The lowest BCUT2D eigenvalue weighted by Gasteiger charge is -2.32. The Balaban J connectivity index is 1.57. The molecule has 1 aromatic heterocycles. The van der Waals surface area contributed by atoms with Gasteiger partial charge in [0.2, 0.25) is 0 Å². The Morgan fingerprint density at radius 1 is 1.20 bits per heavy atom. The van der Waals surface area contributed by atoms with E-state index in [4.69, 9.17) is 0 Å². The predicted octanol–water partition coefficient (Wildman–Crippen LogP) is 2.18. The normalized spacial score (nSPS) is 17.6. The lowest BCUT2D eigenvalue weighted by Crippen LogP contribution is -2.38. The molecule has 6 nitrogen and oxygen atoms in total. The molecule has 25 heavy (non-hydrogen) atoms. The van der Waals surface area contributed by atoms with Crippen molar-refractivity contribution < 1.29 is 8.42 Å². The lowest BCUT2D eigenvalue weighted by atomic mass is 10.0. The van der Waals surface area contributed by atoms with E-state index in [0.29, 0.717) is 6.42 Å². The van der Waals surface area contributed by atoms with Crippen molar-refractivity contribution >= 4 is 20.9 Å². The van der Waals surface area contributed by atoms with Crippen molar-refractivity contribution in [2.75, 3.05) is 25.4 Å². The molecule has 138 valence electrons.